The van der Waals surface area contributed by atoms with E-state index in [1.54, 1.807) is 107 Å². The van der Waals surface area contributed by atoms with E-state index in [-0.39, 0.29) is 49.1 Å². The number of ketones is 2. The Labute approximate surface area is 262 Å². The van der Waals surface area contributed by atoms with Crippen molar-refractivity contribution in [1.82, 2.24) is 0 Å². The van der Waals surface area contributed by atoms with Crippen molar-refractivity contribution in [3.05, 3.63) is 119 Å². The van der Waals surface area contributed by atoms with E-state index in [2.05, 4.69) is 0 Å². The first kappa shape index (κ1) is 27.4. The van der Waals surface area contributed by atoms with Crippen LogP contribution < -0.4 is 19.6 Å². The van der Waals surface area contributed by atoms with Crippen LogP contribution in [0.25, 0.3) is 11.1 Å². The van der Waals surface area contributed by atoms with Crippen LogP contribution in [0.15, 0.2) is 97.1 Å². The lowest BCUT2D eigenvalue weighted by molar-refractivity contribution is -0.115. The van der Waals surface area contributed by atoms with Crippen molar-refractivity contribution >= 4 is 69.1 Å². The van der Waals surface area contributed by atoms with Crippen molar-refractivity contribution in [2.24, 2.45) is 0 Å². The Hall–Kier alpha value is -6.16. The molecule has 0 radical (unpaired) electrons. The third kappa shape index (κ3) is 3.83. The van der Waals surface area contributed by atoms with Crippen LogP contribution >= 0.6 is 0 Å². The largest absolute Gasteiger partial charge is 0.306 e. The Balaban J connectivity index is 1.12. The number of nitrogens with zero attached hydrogens (tertiary/aromatic N) is 4. The van der Waals surface area contributed by atoms with Gasteiger partial charge in [0.1, 0.15) is 0 Å². The minimum absolute atomic E-state index is 0.0883. The van der Waals surface area contributed by atoms with Crippen molar-refractivity contribution in [3.8, 4) is 0 Å². The molecule has 0 unspecified atom stereocenters. The average molecular weight is 609 g/mol. The van der Waals surface area contributed by atoms with Gasteiger partial charge in [-0.1, -0.05) is 60.7 Å². The van der Waals surface area contributed by atoms with Crippen LogP contribution in [0.1, 0.15) is 31.8 Å². The maximum absolute atomic E-state index is 14.2. The molecule has 4 amide bonds. The van der Waals surface area contributed by atoms with Gasteiger partial charge in [0, 0.05) is 37.3 Å². The zero-order valence-corrected chi connectivity index (χ0v) is 24.3. The summed E-state index contributed by atoms with van der Waals surface area (Å²) in [4.78, 5) is 85.0. The van der Waals surface area contributed by atoms with Gasteiger partial charge >= 0.3 is 0 Å². The summed E-state index contributed by atoms with van der Waals surface area (Å²) in [5.41, 5.74) is 4.55. The lowest BCUT2D eigenvalue weighted by atomic mass is 9.96. The normalized spacial score (nSPS) is 18.2. The van der Waals surface area contributed by atoms with Gasteiger partial charge in [-0.3, -0.25) is 28.8 Å². The highest BCUT2D eigenvalue weighted by atomic mass is 16.2. The number of Topliss-reactive ketones (excluding diaryl/α,β-unsaturated/α-hetero) is 2. The lowest BCUT2D eigenvalue weighted by Crippen LogP contribution is -2.40. The Bertz CT molecular complexity index is 1970. The topological polar surface area (TPSA) is 115 Å². The van der Waals surface area contributed by atoms with Gasteiger partial charge in [-0.05, 0) is 36.4 Å². The molecule has 4 aliphatic heterocycles. The number of carbonyl (C=O) groups is 6. The van der Waals surface area contributed by atoms with E-state index in [0.29, 0.717) is 45.0 Å². The molecule has 46 heavy (non-hydrogen) atoms. The van der Waals surface area contributed by atoms with Crippen LogP contribution in [-0.2, 0) is 19.2 Å². The van der Waals surface area contributed by atoms with Gasteiger partial charge in [0.25, 0.3) is 35.2 Å². The average Bonchev–Trinajstić information content (AvgIpc) is 3.70. The zero-order valence-electron chi connectivity index (χ0n) is 24.3. The SMILES string of the molecule is O=C1C(=O)N(CCN2C(=O)/C(=C3\C(=O)N(CCN4C(=O)C(=O)c5ccccc54)c4ccccc43)c3ccccc32)c2ccccc21. The van der Waals surface area contributed by atoms with E-state index < -0.39 is 23.4 Å². The van der Waals surface area contributed by atoms with E-state index in [0.717, 1.165) is 0 Å². The molecule has 4 aromatic rings. The van der Waals surface area contributed by atoms with E-state index in [9.17, 15) is 28.8 Å². The van der Waals surface area contributed by atoms with Crippen LogP contribution in [0.5, 0.6) is 0 Å². The fraction of sp³-hybridized carbons (Fsp3) is 0.111. The second kappa shape index (κ2) is 10.2. The summed E-state index contributed by atoms with van der Waals surface area (Å²) in [5.74, 6) is -3.22. The van der Waals surface area contributed by atoms with Crippen LogP contribution in [0.3, 0.4) is 0 Å². The number of amides is 4. The summed E-state index contributed by atoms with van der Waals surface area (Å²) in [6.07, 6.45) is 0. The minimum Gasteiger partial charge on any atom is -0.306 e. The number of rotatable bonds is 6. The number of fused-ring (bicyclic) bond motifs is 4. The highest BCUT2D eigenvalue weighted by Crippen LogP contribution is 2.46. The molecule has 4 aromatic carbocycles. The van der Waals surface area contributed by atoms with Crippen LogP contribution in [0.2, 0.25) is 0 Å². The molecular weight excluding hydrogens is 584 g/mol. The van der Waals surface area contributed by atoms with E-state index >= 15 is 0 Å². The van der Waals surface area contributed by atoms with Crippen LogP contribution in [0.4, 0.5) is 22.7 Å². The predicted octanol–water partition coefficient (Wildman–Crippen LogP) is 3.75. The molecule has 224 valence electrons. The smallest absolute Gasteiger partial charge is 0.299 e. The third-order valence-electron chi connectivity index (χ3n) is 8.95. The quantitative estimate of drug-likeness (QED) is 0.243. The molecule has 0 N–H and O–H groups in total. The van der Waals surface area contributed by atoms with Crippen LogP contribution in [-0.4, -0.2) is 61.4 Å². The van der Waals surface area contributed by atoms with Gasteiger partial charge in [-0.25, -0.2) is 0 Å². The van der Waals surface area contributed by atoms with Gasteiger partial charge in [-0.15, -0.1) is 0 Å². The van der Waals surface area contributed by atoms with E-state index in [4.69, 9.17) is 0 Å². The van der Waals surface area contributed by atoms with E-state index in [1.807, 2.05) is 0 Å². The first-order chi connectivity index (χ1) is 22.4. The molecule has 0 aromatic heterocycles. The Morgan fingerprint density at radius 2 is 0.587 bits per heavy atom. The molecule has 8 rings (SSSR count). The summed E-state index contributed by atoms with van der Waals surface area (Å²) in [7, 11) is 0. The summed E-state index contributed by atoms with van der Waals surface area (Å²) in [6.45, 7) is 0.379. The fourth-order valence-corrected chi connectivity index (χ4v) is 6.83. The molecule has 0 atom stereocenters. The van der Waals surface area contributed by atoms with Gasteiger partial charge in [0.2, 0.25) is 0 Å². The predicted molar refractivity (Wildman–Crippen MR) is 171 cm³/mol. The summed E-state index contributed by atoms with van der Waals surface area (Å²) >= 11 is 0. The Morgan fingerprint density at radius 1 is 0.326 bits per heavy atom. The summed E-state index contributed by atoms with van der Waals surface area (Å²) in [5, 5.41) is 0. The summed E-state index contributed by atoms with van der Waals surface area (Å²) in [6, 6.07) is 27.9. The fourth-order valence-electron chi connectivity index (χ4n) is 6.83. The van der Waals surface area contributed by atoms with Crippen molar-refractivity contribution in [2.45, 2.75) is 0 Å². The molecule has 0 fully saturated rings. The number of hydrogen-bond donors (Lipinski definition) is 0. The molecule has 10 nitrogen and oxygen atoms in total. The van der Waals surface area contributed by atoms with Crippen molar-refractivity contribution in [2.75, 3.05) is 45.8 Å². The maximum atomic E-state index is 14.2. The Kier molecular flexibility index (Phi) is 6.07. The summed E-state index contributed by atoms with van der Waals surface area (Å²) < 4.78 is 0. The molecule has 4 aliphatic rings. The van der Waals surface area contributed by atoms with Gasteiger partial charge in [0.15, 0.2) is 0 Å². The molecule has 10 heteroatoms. The molecule has 4 heterocycles. The first-order valence-corrected chi connectivity index (χ1v) is 14.8. The number of benzene rings is 4. The number of hydrogen-bond acceptors (Lipinski definition) is 6. The molecule has 0 saturated carbocycles. The molecular formula is C36H24N4O6. The molecule has 0 saturated heterocycles. The minimum atomic E-state index is -0.643. The highest BCUT2D eigenvalue weighted by molar-refractivity contribution is 6.53. The zero-order chi connectivity index (χ0) is 31.7. The highest BCUT2D eigenvalue weighted by Gasteiger charge is 2.44. The van der Waals surface area contributed by atoms with Gasteiger partial charge < -0.3 is 19.6 Å². The maximum Gasteiger partial charge on any atom is 0.299 e. The lowest BCUT2D eigenvalue weighted by Gasteiger charge is -2.22. The van der Waals surface area contributed by atoms with Crippen LogP contribution in [0, 0.1) is 0 Å². The Morgan fingerprint density at radius 3 is 0.935 bits per heavy atom. The number of carbonyl (C=O) groups excluding carboxylic acids is 6. The first-order valence-electron chi connectivity index (χ1n) is 14.8. The second-order valence-electron chi connectivity index (χ2n) is 11.3. The third-order valence-corrected chi connectivity index (χ3v) is 8.95. The van der Waals surface area contributed by atoms with Crippen molar-refractivity contribution in [1.29, 1.82) is 0 Å². The number of para-hydroxylation sites is 4. The second-order valence-corrected chi connectivity index (χ2v) is 11.3. The molecule has 0 spiro atoms. The number of anilines is 4. The van der Waals surface area contributed by atoms with Crippen molar-refractivity contribution in [3.63, 3.8) is 0 Å². The molecule has 0 aliphatic carbocycles. The van der Waals surface area contributed by atoms with Gasteiger partial charge in [0.05, 0.1) is 45.0 Å². The standard InChI is InChI=1S/C36H24N4O6/c41-31-23-11-3-7-15-27(23)39(35(31)45)19-17-37-25-13-5-1-9-21(25)29(33(37)43)30-22-10-2-6-14-26(22)38(34(30)44)18-20-40-28-16-8-4-12-24(28)32(42)36(40)46/h1-16H,17-20H2/b30-29-. The van der Waals surface area contributed by atoms with E-state index in [1.165, 1.54) is 9.80 Å². The van der Waals surface area contributed by atoms with Crippen molar-refractivity contribution < 1.29 is 28.8 Å². The monoisotopic (exact) mass is 608 g/mol. The van der Waals surface area contributed by atoms with Gasteiger partial charge in [-0.2, -0.15) is 0 Å². The molecule has 0 bridgehead atoms.